The Labute approximate surface area is 68.9 Å². The number of aromatic amines is 1. The molecule has 1 aromatic rings. The zero-order chi connectivity index (χ0) is 8.55. The van der Waals surface area contributed by atoms with Crippen molar-refractivity contribution in [1.82, 2.24) is 10.2 Å². The first-order valence-corrected chi connectivity index (χ1v) is 3.86. The highest BCUT2D eigenvalue weighted by Gasteiger charge is 2.24. The van der Waals surface area contributed by atoms with Gasteiger partial charge in [-0.25, -0.2) is 4.39 Å². The molecular formula is C7H10FN3O. The van der Waals surface area contributed by atoms with E-state index in [2.05, 4.69) is 10.2 Å². The van der Waals surface area contributed by atoms with Gasteiger partial charge < -0.3 is 10.5 Å². The molecule has 5 heteroatoms. The molecule has 4 nitrogen and oxygen atoms in total. The third kappa shape index (κ3) is 1.06. The second-order valence-corrected chi connectivity index (χ2v) is 2.90. The fraction of sp³-hybridized carbons (Fsp3) is 0.571. The van der Waals surface area contributed by atoms with Crippen LogP contribution in [-0.2, 0) is 4.74 Å². The molecule has 0 amide bonds. The van der Waals surface area contributed by atoms with Crippen LogP contribution < -0.4 is 5.73 Å². The van der Waals surface area contributed by atoms with Gasteiger partial charge in [0.15, 0.2) is 11.6 Å². The van der Waals surface area contributed by atoms with Crippen molar-refractivity contribution in [2.24, 2.45) is 0 Å². The van der Waals surface area contributed by atoms with Crippen LogP contribution >= 0.6 is 0 Å². The van der Waals surface area contributed by atoms with Gasteiger partial charge in [-0.15, -0.1) is 0 Å². The van der Waals surface area contributed by atoms with Gasteiger partial charge in [-0.05, 0) is 6.42 Å². The standard InChI is InChI=1S/C7H10FN3O/c8-5-6(10-11-7(5)9)4-1-2-12-3-4/h4H,1-3H2,(H3,9,10,11). The summed E-state index contributed by atoms with van der Waals surface area (Å²) < 4.78 is 18.3. The number of ether oxygens (including phenoxy) is 1. The molecule has 1 fully saturated rings. The number of nitrogens with one attached hydrogen (secondary N) is 1. The van der Waals surface area contributed by atoms with Crippen molar-refractivity contribution >= 4 is 5.82 Å². The first-order valence-electron chi connectivity index (χ1n) is 3.86. The van der Waals surface area contributed by atoms with Gasteiger partial charge >= 0.3 is 0 Å². The molecule has 0 bridgehead atoms. The predicted octanol–water partition coefficient (Wildman–Crippen LogP) is 0.635. The molecule has 1 saturated heterocycles. The highest BCUT2D eigenvalue weighted by molar-refractivity contribution is 5.33. The third-order valence-corrected chi connectivity index (χ3v) is 2.10. The Morgan fingerprint density at radius 2 is 2.50 bits per heavy atom. The normalized spacial score (nSPS) is 23.2. The number of nitrogens with two attached hydrogens (primary N) is 1. The Balaban J connectivity index is 2.26. The van der Waals surface area contributed by atoms with Crippen molar-refractivity contribution in [3.63, 3.8) is 0 Å². The van der Waals surface area contributed by atoms with Crippen LogP contribution in [0, 0.1) is 5.82 Å². The second-order valence-electron chi connectivity index (χ2n) is 2.90. The Morgan fingerprint density at radius 3 is 3.00 bits per heavy atom. The highest BCUT2D eigenvalue weighted by Crippen LogP contribution is 2.27. The van der Waals surface area contributed by atoms with Crippen LogP contribution in [0.4, 0.5) is 10.2 Å². The predicted molar refractivity (Wildman–Crippen MR) is 41.1 cm³/mol. The maximum atomic E-state index is 13.1. The Kier molecular flexibility index (Phi) is 1.73. The molecule has 0 aliphatic carbocycles. The molecule has 0 aromatic carbocycles. The zero-order valence-corrected chi connectivity index (χ0v) is 6.51. The monoisotopic (exact) mass is 171 g/mol. The SMILES string of the molecule is Nc1n[nH]c(C2CCOC2)c1F. The van der Waals surface area contributed by atoms with Gasteiger partial charge in [0.2, 0.25) is 0 Å². The minimum atomic E-state index is -0.425. The van der Waals surface area contributed by atoms with Crippen molar-refractivity contribution in [2.75, 3.05) is 18.9 Å². The van der Waals surface area contributed by atoms with Gasteiger partial charge in [0, 0.05) is 12.5 Å². The minimum absolute atomic E-state index is 0.0584. The van der Waals surface area contributed by atoms with Crippen LogP contribution in [0.15, 0.2) is 0 Å². The summed E-state index contributed by atoms with van der Waals surface area (Å²) in [7, 11) is 0. The van der Waals surface area contributed by atoms with Gasteiger partial charge in [-0.1, -0.05) is 0 Å². The van der Waals surface area contributed by atoms with E-state index in [0.717, 1.165) is 6.42 Å². The summed E-state index contributed by atoms with van der Waals surface area (Å²) in [4.78, 5) is 0. The largest absolute Gasteiger partial charge is 0.381 e. The molecule has 1 aromatic heterocycles. The molecule has 12 heavy (non-hydrogen) atoms. The van der Waals surface area contributed by atoms with Crippen molar-refractivity contribution < 1.29 is 9.13 Å². The number of anilines is 1. The van der Waals surface area contributed by atoms with Crippen LogP contribution in [0.5, 0.6) is 0 Å². The van der Waals surface area contributed by atoms with E-state index < -0.39 is 5.82 Å². The van der Waals surface area contributed by atoms with Crippen LogP contribution in [0.25, 0.3) is 0 Å². The summed E-state index contributed by atoms with van der Waals surface area (Å²) in [6.07, 6.45) is 0.832. The summed E-state index contributed by atoms with van der Waals surface area (Å²) in [5.41, 5.74) is 5.73. The van der Waals surface area contributed by atoms with Crippen molar-refractivity contribution in [2.45, 2.75) is 12.3 Å². The van der Waals surface area contributed by atoms with E-state index in [0.29, 0.717) is 18.9 Å². The number of hydrogen-bond donors (Lipinski definition) is 2. The maximum Gasteiger partial charge on any atom is 0.188 e. The molecule has 1 aliphatic heterocycles. The van der Waals surface area contributed by atoms with Crippen LogP contribution in [-0.4, -0.2) is 23.4 Å². The van der Waals surface area contributed by atoms with Gasteiger partial charge in [0.05, 0.1) is 12.3 Å². The van der Waals surface area contributed by atoms with Crippen molar-refractivity contribution in [1.29, 1.82) is 0 Å². The minimum Gasteiger partial charge on any atom is -0.381 e. The molecule has 1 atom stereocenters. The number of H-pyrrole nitrogens is 1. The molecule has 66 valence electrons. The lowest BCUT2D eigenvalue weighted by Gasteiger charge is -2.02. The van der Waals surface area contributed by atoms with E-state index in [1.807, 2.05) is 0 Å². The van der Waals surface area contributed by atoms with Gasteiger partial charge in [-0.2, -0.15) is 5.10 Å². The summed E-state index contributed by atoms with van der Waals surface area (Å²) >= 11 is 0. The maximum absolute atomic E-state index is 13.1. The van der Waals surface area contributed by atoms with Crippen molar-refractivity contribution in [3.05, 3.63) is 11.5 Å². The molecule has 1 unspecified atom stereocenters. The van der Waals surface area contributed by atoms with E-state index in [1.54, 1.807) is 0 Å². The lowest BCUT2D eigenvalue weighted by atomic mass is 10.1. The van der Waals surface area contributed by atoms with E-state index >= 15 is 0 Å². The van der Waals surface area contributed by atoms with Crippen molar-refractivity contribution in [3.8, 4) is 0 Å². The molecule has 2 heterocycles. The summed E-state index contributed by atoms with van der Waals surface area (Å²) in [5, 5.41) is 6.17. The summed E-state index contributed by atoms with van der Waals surface area (Å²) in [5.74, 6) is -0.391. The fourth-order valence-corrected chi connectivity index (χ4v) is 1.39. The molecular weight excluding hydrogens is 161 g/mol. The quantitative estimate of drug-likeness (QED) is 0.651. The zero-order valence-electron chi connectivity index (χ0n) is 6.51. The average molecular weight is 171 g/mol. The van der Waals surface area contributed by atoms with E-state index in [4.69, 9.17) is 10.5 Å². The van der Waals surface area contributed by atoms with Gasteiger partial charge in [-0.3, -0.25) is 5.10 Å². The van der Waals surface area contributed by atoms with E-state index in [1.165, 1.54) is 0 Å². The van der Waals surface area contributed by atoms with Crippen LogP contribution in [0.3, 0.4) is 0 Å². The average Bonchev–Trinajstić information content (AvgIpc) is 2.64. The topological polar surface area (TPSA) is 63.9 Å². The highest BCUT2D eigenvalue weighted by atomic mass is 19.1. The number of nitrogens with zero attached hydrogens (tertiary/aromatic N) is 1. The van der Waals surface area contributed by atoms with E-state index in [9.17, 15) is 4.39 Å². The molecule has 0 radical (unpaired) electrons. The molecule has 1 aliphatic rings. The first kappa shape index (κ1) is 7.54. The number of aromatic nitrogens is 2. The Morgan fingerprint density at radius 1 is 1.67 bits per heavy atom. The Bertz CT molecular complexity index is 280. The number of nitrogen functional groups attached to an aromatic ring is 1. The van der Waals surface area contributed by atoms with Crippen LogP contribution in [0.1, 0.15) is 18.0 Å². The fourth-order valence-electron chi connectivity index (χ4n) is 1.39. The smallest absolute Gasteiger partial charge is 0.188 e. The van der Waals surface area contributed by atoms with Gasteiger partial charge in [0.25, 0.3) is 0 Å². The lowest BCUT2D eigenvalue weighted by molar-refractivity contribution is 0.193. The molecule has 2 rings (SSSR count). The number of halogens is 1. The summed E-state index contributed by atoms with van der Waals surface area (Å²) in [6, 6.07) is 0. The van der Waals surface area contributed by atoms with Crippen LogP contribution in [0.2, 0.25) is 0 Å². The summed E-state index contributed by atoms with van der Waals surface area (Å²) in [6.45, 7) is 1.24. The Hall–Kier alpha value is -1.10. The molecule has 3 N–H and O–H groups in total. The number of rotatable bonds is 1. The third-order valence-electron chi connectivity index (χ3n) is 2.10. The number of hydrogen-bond acceptors (Lipinski definition) is 3. The molecule has 0 saturated carbocycles. The lowest BCUT2D eigenvalue weighted by Crippen LogP contribution is -2.00. The second kappa shape index (κ2) is 2.75. The van der Waals surface area contributed by atoms with E-state index in [-0.39, 0.29) is 11.7 Å². The molecule has 0 spiro atoms. The first-order chi connectivity index (χ1) is 5.79. The van der Waals surface area contributed by atoms with Gasteiger partial charge in [0.1, 0.15) is 0 Å².